The molecular formula is C22H30N4O4S. The highest BCUT2D eigenvalue weighted by Crippen LogP contribution is 2.18. The molecule has 1 aromatic heterocycles. The summed E-state index contributed by atoms with van der Waals surface area (Å²) in [5.41, 5.74) is 1.57. The van der Waals surface area contributed by atoms with E-state index in [9.17, 15) is 13.2 Å². The lowest BCUT2D eigenvalue weighted by atomic mass is 10.1. The van der Waals surface area contributed by atoms with Crippen molar-refractivity contribution in [2.24, 2.45) is 0 Å². The van der Waals surface area contributed by atoms with Crippen molar-refractivity contribution in [3.8, 4) is 0 Å². The molecule has 9 heteroatoms. The zero-order valence-electron chi connectivity index (χ0n) is 18.1. The second kappa shape index (κ2) is 10.7. The maximum Gasteiger partial charge on any atom is 0.243 e. The minimum absolute atomic E-state index is 0.110. The first-order chi connectivity index (χ1) is 14.9. The molecule has 0 unspecified atom stereocenters. The van der Waals surface area contributed by atoms with E-state index in [0.29, 0.717) is 44.8 Å². The molecule has 0 radical (unpaired) electrons. The van der Waals surface area contributed by atoms with E-state index in [1.165, 1.54) is 4.31 Å². The number of nitrogens with one attached hydrogen (secondary N) is 1. The van der Waals surface area contributed by atoms with E-state index in [1.54, 1.807) is 30.5 Å². The quantitative estimate of drug-likeness (QED) is 0.636. The summed E-state index contributed by atoms with van der Waals surface area (Å²) in [6.45, 7) is 7.53. The Morgan fingerprint density at radius 1 is 1.10 bits per heavy atom. The predicted molar refractivity (Wildman–Crippen MR) is 121 cm³/mol. The highest BCUT2D eigenvalue weighted by atomic mass is 32.2. The number of rotatable bonds is 9. The number of aromatic nitrogens is 1. The number of carbonyl (C=O) groups excluding carboxylic acids is 1. The van der Waals surface area contributed by atoms with Crippen LogP contribution in [0, 0.1) is 0 Å². The summed E-state index contributed by atoms with van der Waals surface area (Å²) in [5, 5.41) is 2.86. The molecule has 1 aromatic carbocycles. The second-order valence-electron chi connectivity index (χ2n) is 7.29. The SMILES string of the molecule is CCN(CC)S(=O)(=O)c1ccc(CCC(=O)Nc2ccc(N3CCOCC3)nc2)cc1. The molecule has 1 amide bonds. The van der Waals surface area contributed by atoms with Crippen LogP contribution in [0.4, 0.5) is 11.5 Å². The summed E-state index contributed by atoms with van der Waals surface area (Å²) < 4.78 is 31.9. The average molecular weight is 447 g/mol. The molecular weight excluding hydrogens is 416 g/mol. The molecule has 1 aliphatic rings. The van der Waals surface area contributed by atoms with Gasteiger partial charge in [-0.25, -0.2) is 13.4 Å². The molecule has 1 N–H and O–H groups in total. The molecule has 0 aliphatic carbocycles. The Hall–Kier alpha value is -2.49. The van der Waals surface area contributed by atoms with E-state index in [-0.39, 0.29) is 10.8 Å². The molecule has 31 heavy (non-hydrogen) atoms. The van der Waals surface area contributed by atoms with Gasteiger partial charge < -0.3 is 15.0 Å². The van der Waals surface area contributed by atoms with Crippen LogP contribution in [0.3, 0.4) is 0 Å². The first-order valence-corrected chi connectivity index (χ1v) is 12.1. The van der Waals surface area contributed by atoms with Crippen molar-refractivity contribution < 1.29 is 17.9 Å². The Labute approximate surface area is 184 Å². The Bertz CT molecular complexity index is 952. The Balaban J connectivity index is 1.51. The second-order valence-corrected chi connectivity index (χ2v) is 9.22. The zero-order valence-corrected chi connectivity index (χ0v) is 18.9. The number of carbonyl (C=O) groups is 1. The fourth-order valence-corrected chi connectivity index (χ4v) is 4.92. The topological polar surface area (TPSA) is 91.8 Å². The summed E-state index contributed by atoms with van der Waals surface area (Å²) >= 11 is 0. The van der Waals surface area contributed by atoms with Gasteiger partial charge in [0.15, 0.2) is 0 Å². The van der Waals surface area contributed by atoms with E-state index in [2.05, 4.69) is 15.2 Å². The Morgan fingerprint density at radius 3 is 2.35 bits per heavy atom. The highest BCUT2D eigenvalue weighted by Gasteiger charge is 2.21. The first-order valence-electron chi connectivity index (χ1n) is 10.6. The number of pyridine rings is 1. The van der Waals surface area contributed by atoms with Crippen LogP contribution in [-0.2, 0) is 26.0 Å². The van der Waals surface area contributed by atoms with Gasteiger partial charge in [0, 0.05) is 32.6 Å². The maximum atomic E-state index is 12.5. The summed E-state index contributed by atoms with van der Waals surface area (Å²) in [7, 11) is -3.47. The number of hydrogen-bond donors (Lipinski definition) is 1. The lowest BCUT2D eigenvalue weighted by molar-refractivity contribution is -0.116. The molecule has 1 fully saturated rings. The zero-order chi connectivity index (χ0) is 22.3. The number of morpholine rings is 1. The number of benzene rings is 1. The van der Waals surface area contributed by atoms with Crippen molar-refractivity contribution in [3.63, 3.8) is 0 Å². The Morgan fingerprint density at radius 2 is 1.77 bits per heavy atom. The van der Waals surface area contributed by atoms with Gasteiger partial charge in [-0.1, -0.05) is 26.0 Å². The minimum atomic E-state index is -3.47. The van der Waals surface area contributed by atoms with E-state index < -0.39 is 10.0 Å². The number of nitrogens with zero attached hydrogens (tertiary/aromatic N) is 3. The molecule has 3 rings (SSSR count). The number of amides is 1. The van der Waals surface area contributed by atoms with Gasteiger partial charge in [-0.15, -0.1) is 0 Å². The lowest BCUT2D eigenvalue weighted by Gasteiger charge is -2.27. The molecule has 0 bridgehead atoms. The molecule has 2 heterocycles. The van der Waals surface area contributed by atoms with Gasteiger partial charge in [0.1, 0.15) is 5.82 Å². The third-order valence-electron chi connectivity index (χ3n) is 5.27. The number of hydrogen-bond acceptors (Lipinski definition) is 6. The van der Waals surface area contributed by atoms with Crippen LogP contribution >= 0.6 is 0 Å². The third kappa shape index (κ3) is 6.03. The first kappa shape index (κ1) is 23.2. The van der Waals surface area contributed by atoms with Crippen LogP contribution in [0.1, 0.15) is 25.8 Å². The highest BCUT2D eigenvalue weighted by molar-refractivity contribution is 7.89. The molecule has 8 nitrogen and oxygen atoms in total. The molecule has 0 saturated carbocycles. The summed E-state index contributed by atoms with van der Waals surface area (Å²) in [4.78, 5) is 19.2. The van der Waals surface area contributed by atoms with Gasteiger partial charge in [0.2, 0.25) is 15.9 Å². The van der Waals surface area contributed by atoms with Crippen molar-refractivity contribution in [1.29, 1.82) is 0 Å². The summed E-state index contributed by atoms with van der Waals surface area (Å²) in [6, 6.07) is 10.5. The van der Waals surface area contributed by atoms with Crippen LogP contribution in [-0.4, -0.2) is 63.0 Å². The normalized spacial score (nSPS) is 14.6. The van der Waals surface area contributed by atoms with Gasteiger partial charge in [-0.2, -0.15) is 4.31 Å². The monoisotopic (exact) mass is 446 g/mol. The van der Waals surface area contributed by atoms with Crippen molar-refractivity contribution in [2.75, 3.05) is 49.6 Å². The molecule has 168 valence electrons. The third-order valence-corrected chi connectivity index (χ3v) is 7.34. The van der Waals surface area contributed by atoms with Crippen LogP contribution in [0.5, 0.6) is 0 Å². The van der Waals surface area contributed by atoms with Crippen molar-refractivity contribution in [1.82, 2.24) is 9.29 Å². The van der Waals surface area contributed by atoms with Gasteiger partial charge in [-0.3, -0.25) is 4.79 Å². The summed E-state index contributed by atoms with van der Waals surface area (Å²) in [5.74, 6) is 0.766. The molecule has 0 atom stereocenters. The van der Waals surface area contributed by atoms with Gasteiger partial charge in [0.25, 0.3) is 0 Å². The minimum Gasteiger partial charge on any atom is -0.378 e. The fourth-order valence-electron chi connectivity index (χ4n) is 3.46. The van der Waals surface area contributed by atoms with E-state index in [0.717, 1.165) is 24.5 Å². The van der Waals surface area contributed by atoms with Crippen molar-refractivity contribution in [3.05, 3.63) is 48.2 Å². The largest absolute Gasteiger partial charge is 0.378 e. The predicted octanol–water partition coefficient (Wildman–Crippen LogP) is 2.52. The summed E-state index contributed by atoms with van der Waals surface area (Å²) in [6.07, 6.45) is 2.49. The molecule has 0 spiro atoms. The standard InChI is InChI=1S/C22H30N4O4S/c1-3-26(4-2)31(28,29)20-9-5-18(6-10-20)7-12-22(27)24-19-8-11-21(23-17-19)25-13-15-30-16-14-25/h5-6,8-11,17H,3-4,7,12-16H2,1-2H3,(H,24,27). The van der Waals surface area contributed by atoms with E-state index in [4.69, 9.17) is 4.74 Å². The van der Waals surface area contributed by atoms with Gasteiger partial charge in [0.05, 0.1) is 30.0 Å². The Kier molecular flexibility index (Phi) is 8.00. The van der Waals surface area contributed by atoms with Crippen LogP contribution < -0.4 is 10.2 Å². The van der Waals surface area contributed by atoms with Crippen LogP contribution in [0.2, 0.25) is 0 Å². The van der Waals surface area contributed by atoms with E-state index >= 15 is 0 Å². The van der Waals surface area contributed by atoms with Crippen molar-refractivity contribution in [2.45, 2.75) is 31.6 Å². The molecule has 2 aromatic rings. The average Bonchev–Trinajstić information content (AvgIpc) is 2.80. The molecule has 1 aliphatic heterocycles. The van der Waals surface area contributed by atoms with Crippen LogP contribution in [0.25, 0.3) is 0 Å². The van der Waals surface area contributed by atoms with Crippen LogP contribution in [0.15, 0.2) is 47.5 Å². The van der Waals surface area contributed by atoms with Crippen molar-refractivity contribution >= 4 is 27.4 Å². The van der Waals surface area contributed by atoms with Gasteiger partial charge >= 0.3 is 0 Å². The number of anilines is 2. The van der Waals surface area contributed by atoms with Gasteiger partial charge in [-0.05, 0) is 36.2 Å². The molecule has 1 saturated heterocycles. The maximum absolute atomic E-state index is 12.5. The fraction of sp³-hybridized carbons (Fsp3) is 0.455. The smallest absolute Gasteiger partial charge is 0.243 e. The number of aryl methyl sites for hydroxylation is 1. The number of ether oxygens (including phenoxy) is 1. The lowest BCUT2D eigenvalue weighted by Crippen LogP contribution is -2.36. The number of sulfonamides is 1. The van der Waals surface area contributed by atoms with E-state index in [1.807, 2.05) is 26.0 Å².